The Morgan fingerprint density at radius 2 is 2.00 bits per heavy atom. The van der Waals surface area contributed by atoms with Crippen molar-refractivity contribution < 1.29 is 9.53 Å². The SMILES string of the molecule is CCCCC(CC)(NCC(C)C)C(=O)OC. The number of esters is 1. The smallest absolute Gasteiger partial charge is 0.326 e. The lowest BCUT2D eigenvalue weighted by Crippen LogP contribution is -2.53. The van der Waals surface area contributed by atoms with Gasteiger partial charge in [0.1, 0.15) is 5.54 Å². The maximum Gasteiger partial charge on any atom is 0.326 e. The van der Waals surface area contributed by atoms with Crippen LogP contribution >= 0.6 is 0 Å². The molecule has 0 aromatic carbocycles. The molecule has 0 fully saturated rings. The third-order valence-electron chi connectivity index (χ3n) is 2.99. The first-order valence-corrected chi connectivity index (χ1v) is 6.35. The van der Waals surface area contributed by atoms with E-state index in [-0.39, 0.29) is 5.97 Å². The number of ether oxygens (including phenoxy) is 1. The molecule has 3 heteroatoms. The van der Waals surface area contributed by atoms with Gasteiger partial charge >= 0.3 is 5.97 Å². The third-order valence-corrected chi connectivity index (χ3v) is 2.99. The maximum atomic E-state index is 11.9. The predicted molar refractivity (Wildman–Crippen MR) is 67.4 cm³/mol. The molecule has 0 aromatic rings. The predicted octanol–water partition coefficient (Wildman–Crippen LogP) is 2.74. The Balaban J connectivity index is 4.59. The summed E-state index contributed by atoms with van der Waals surface area (Å²) in [5, 5.41) is 3.39. The summed E-state index contributed by atoms with van der Waals surface area (Å²) >= 11 is 0. The minimum atomic E-state index is -0.477. The molecule has 0 spiro atoms. The number of hydrogen-bond acceptors (Lipinski definition) is 3. The normalized spacial score (nSPS) is 14.9. The van der Waals surface area contributed by atoms with Crippen LogP contribution in [0, 0.1) is 5.92 Å². The van der Waals surface area contributed by atoms with Crippen LogP contribution in [0.2, 0.25) is 0 Å². The number of hydrogen-bond donors (Lipinski definition) is 1. The summed E-state index contributed by atoms with van der Waals surface area (Å²) in [5.74, 6) is 0.418. The Bertz CT molecular complexity index is 204. The van der Waals surface area contributed by atoms with Gasteiger partial charge in [0.05, 0.1) is 7.11 Å². The van der Waals surface area contributed by atoms with Gasteiger partial charge in [0, 0.05) is 0 Å². The summed E-state index contributed by atoms with van der Waals surface area (Å²) in [5.41, 5.74) is -0.477. The van der Waals surface area contributed by atoms with Crippen LogP contribution in [0.5, 0.6) is 0 Å². The Labute approximate surface area is 99.9 Å². The minimum absolute atomic E-state index is 0.121. The van der Waals surface area contributed by atoms with Crippen LogP contribution in [0.1, 0.15) is 53.4 Å². The van der Waals surface area contributed by atoms with Gasteiger partial charge < -0.3 is 10.1 Å². The largest absolute Gasteiger partial charge is 0.468 e. The van der Waals surface area contributed by atoms with Gasteiger partial charge in [-0.15, -0.1) is 0 Å². The van der Waals surface area contributed by atoms with Crippen LogP contribution in [-0.4, -0.2) is 25.2 Å². The second-order valence-electron chi connectivity index (χ2n) is 4.81. The molecule has 0 heterocycles. The van der Waals surface area contributed by atoms with Gasteiger partial charge in [0.25, 0.3) is 0 Å². The van der Waals surface area contributed by atoms with Crippen LogP contribution in [-0.2, 0) is 9.53 Å². The molecule has 0 aliphatic rings. The molecule has 0 rings (SSSR count). The summed E-state index contributed by atoms with van der Waals surface area (Å²) in [6.45, 7) is 9.32. The molecule has 96 valence electrons. The Kier molecular flexibility index (Phi) is 7.39. The van der Waals surface area contributed by atoms with E-state index < -0.39 is 5.54 Å². The number of rotatable bonds is 8. The second-order valence-corrected chi connectivity index (χ2v) is 4.81. The highest BCUT2D eigenvalue weighted by atomic mass is 16.5. The van der Waals surface area contributed by atoms with E-state index >= 15 is 0 Å². The Morgan fingerprint density at radius 1 is 1.38 bits per heavy atom. The molecule has 1 atom stereocenters. The highest BCUT2D eigenvalue weighted by Gasteiger charge is 2.36. The Morgan fingerprint density at radius 3 is 2.38 bits per heavy atom. The molecule has 0 saturated heterocycles. The molecule has 0 saturated carbocycles. The number of unbranched alkanes of at least 4 members (excludes halogenated alkanes) is 1. The van der Waals surface area contributed by atoms with E-state index in [9.17, 15) is 4.79 Å². The average molecular weight is 229 g/mol. The first-order valence-electron chi connectivity index (χ1n) is 6.35. The lowest BCUT2D eigenvalue weighted by Gasteiger charge is -2.32. The zero-order valence-corrected chi connectivity index (χ0v) is 11.4. The van der Waals surface area contributed by atoms with Crippen molar-refractivity contribution in [3.63, 3.8) is 0 Å². The number of methoxy groups -OCH3 is 1. The molecule has 0 aliphatic heterocycles. The van der Waals surface area contributed by atoms with Gasteiger partial charge in [-0.25, -0.2) is 0 Å². The van der Waals surface area contributed by atoms with E-state index in [2.05, 4.69) is 26.1 Å². The van der Waals surface area contributed by atoms with Gasteiger partial charge in [0.2, 0.25) is 0 Å². The number of nitrogens with one attached hydrogen (secondary N) is 1. The van der Waals surface area contributed by atoms with E-state index in [4.69, 9.17) is 4.74 Å². The van der Waals surface area contributed by atoms with Crippen molar-refractivity contribution in [1.29, 1.82) is 0 Å². The monoisotopic (exact) mass is 229 g/mol. The van der Waals surface area contributed by atoms with E-state index in [0.717, 1.165) is 32.2 Å². The van der Waals surface area contributed by atoms with Gasteiger partial charge in [-0.3, -0.25) is 4.79 Å². The van der Waals surface area contributed by atoms with Gasteiger partial charge in [0.15, 0.2) is 0 Å². The van der Waals surface area contributed by atoms with Gasteiger partial charge in [-0.1, -0.05) is 40.5 Å². The van der Waals surface area contributed by atoms with Crippen LogP contribution in [0.4, 0.5) is 0 Å². The molecule has 0 bridgehead atoms. The molecule has 0 aromatic heterocycles. The molecule has 1 unspecified atom stereocenters. The lowest BCUT2D eigenvalue weighted by molar-refractivity contribution is -0.149. The molecule has 3 nitrogen and oxygen atoms in total. The molecular formula is C13H27NO2. The molecule has 0 aliphatic carbocycles. The van der Waals surface area contributed by atoms with Crippen molar-refractivity contribution >= 4 is 5.97 Å². The van der Waals surface area contributed by atoms with Gasteiger partial charge in [-0.05, 0) is 25.3 Å². The molecule has 16 heavy (non-hydrogen) atoms. The van der Waals surface area contributed by atoms with E-state index in [1.54, 1.807) is 0 Å². The highest BCUT2D eigenvalue weighted by molar-refractivity contribution is 5.80. The lowest BCUT2D eigenvalue weighted by atomic mass is 9.89. The summed E-state index contributed by atoms with van der Waals surface area (Å²) in [6.07, 6.45) is 3.79. The summed E-state index contributed by atoms with van der Waals surface area (Å²) in [4.78, 5) is 11.9. The minimum Gasteiger partial charge on any atom is -0.468 e. The van der Waals surface area contributed by atoms with Crippen molar-refractivity contribution in [3.05, 3.63) is 0 Å². The van der Waals surface area contributed by atoms with Crippen LogP contribution < -0.4 is 5.32 Å². The first-order chi connectivity index (χ1) is 7.52. The van der Waals surface area contributed by atoms with Crippen LogP contribution in [0.15, 0.2) is 0 Å². The second kappa shape index (κ2) is 7.66. The maximum absolute atomic E-state index is 11.9. The number of carbonyl (C=O) groups excluding carboxylic acids is 1. The summed E-state index contributed by atoms with van der Waals surface area (Å²) in [7, 11) is 1.47. The van der Waals surface area contributed by atoms with Crippen molar-refractivity contribution in [1.82, 2.24) is 5.32 Å². The standard InChI is InChI=1S/C13H27NO2/c1-6-8-9-13(7-2,12(15)16-5)14-10-11(3)4/h11,14H,6-10H2,1-5H3. The first kappa shape index (κ1) is 15.4. The summed E-state index contributed by atoms with van der Waals surface area (Å²) < 4.78 is 4.93. The fourth-order valence-corrected chi connectivity index (χ4v) is 1.78. The molecule has 0 amide bonds. The topological polar surface area (TPSA) is 38.3 Å². The molecule has 0 radical (unpaired) electrons. The van der Waals surface area contributed by atoms with Gasteiger partial charge in [-0.2, -0.15) is 0 Å². The average Bonchev–Trinajstić information content (AvgIpc) is 2.29. The fourth-order valence-electron chi connectivity index (χ4n) is 1.78. The fraction of sp³-hybridized carbons (Fsp3) is 0.923. The molecular weight excluding hydrogens is 202 g/mol. The van der Waals surface area contributed by atoms with Crippen molar-refractivity contribution in [2.45, 2.75) is 58.9 Å². The van der Waals surface area contributed by atoms with E-state index in [1.807, 2.05) is 6.92 Å². The van der Waals surface area contributed by atoms with Crippen molar-refractivity contribution in [3.8, 4) is 0 Å². The quantitative estimate of drug-likeness (QED) is 0.650. The van der Waals surface area contributed by atoms with Crippen molar-refractivity contribution in [2.24, 2.45) is 5.92 Å². The van der Waals surface area contributed by atoms with E-state index in [0.29, 0.717) is 5.92 Å². The van der Waals surface area contributed by atoms with Crippen LogP contribution in [0.25, 0.3) is 0 Å². The Hall–Kier alpha value is -0.570. The number of carbonyl (C=O) groups is 1. The zero-order valence-electron chi connectivity index (χ0n) is 11.4. The summed E-state index contributed by atoms with van der Waals surface area (Å²) in [6, 6.07) is 0. The zero-order chi connectivity index (χ0) is 12.6. The van der Waals surface area contributed by atoms with Crippen LogP contribution in [0.3, 0.4) is 0 Å². The third kappa shape index (κ3) is 4.52. The highest BCUT2D eigenvalue weighted by Crippen LogP contribution is 2.21. The molecule has 1 N–H and O–H groups in total. The van der Waals surface area contributed by atoms with Crippen molar-refractivity contribution in [2.75, 3.05) is 13.7 Å². The van der Waals surface area contributed by atoms with E-state index in [1.165, 1.54) is 7.11 Å².